The molecule has 4 nitrogen and oxygen atoms in total. The number of carbonyl (C=O) groups excluding carboxylic acids is 2. The first-order chi connectivity index (χ1) is 11.9. The summed E-state index contributed by atoms with van der Waals surface area (Å²) in [5.74, 6) is -1.03. The number of amides is 1. The lowest BCUT2D eigenvalue weighted by Crippen LogP contribution is -2.28. The van der Waals surface area contributed by atoms with E-state index in [0.29, 0.717) is 27.2 Å². The smallest absolute Gasteiger partial charge is 0.331 e. The molecule has 0 heterocycles. The van der Waals surface area contributed by atoms with Gasteiger partial charge in [-0.25, -0.2) is 4.79 Å². The molecule has 0 aromatic heterocycles. The molecular weight excluding hydrogens is 385 g/mol. The van der Waals surface area contributed by atoms with Crippen LogP contribution in [0, 0.1) is 0 Å². The van der Waals surface area contributed by atoms with Gasteiger partial charge in [0.05, 0.1) is 10.0 Å². The third kappa shape index (κ3) is 6.78. The molecule has 0 radical (unpaired) electrons. The normalized spacial score (nSPS) is 10.7. The Balaban J connectivity index is 1.75. The van der Waals surface area contributed by atoms with E-state index < -0.39 is 11.9 Å². The highest BCUT2D eigenvalue weighted by atomic mass is 35.5. The maximum Gasteiger partial charge on any atom is 0.331 e. The predicted octanol–water partition coefficient (Wildman–Crippen LogP) is 4.52. The van der Waals surface area contributed by atoms with Crippen LogP contribution in [0.2, 0.25) is 15.1 Å². The summed E-state index contributed by atoms with van der Waals surface area (Å²) in [4.78, 5) is 23.3. The van der Waals surface area contributed by atoms with Crippen molar-refractivity contribution in [3.63, 3.8) is 0 Å². The minimum absolute atomic E-state index is 0.326. The van der Waals surface area contributed by atoms with Crippen molar-refractivity contribution in [2.24, 2.45) is 0 Å². The Hall–Kier alpha value is -2.01. The lowest BCUT2D eigenvalue weighted by Gasteiger charge is -2.05. The number of hydrogen-bond acceptors (Lipinski definition) is 3. The number of halogens is 3. The third-order valence-electron chi connectivity index (χ3n) is 3.10. The molecule has 25 heavy (non-hydrogen) atoms. The molecule has 2 aromatic carbocycles. The van der Waals surface area contributed by atoms with Crippen molar-refractivity contribution in [1.82, 2.24) is 5.32 Å². The molecule has 7 heteroatoms. The van der Waals surface area contributed by atoms with E-state index in [4.69, 9.17) is 39.5 Å². The van der Waals surface area contributed by atoms with Gasteiger partial charge in [0.15, 0.2) is 6.61 Å². The van der Waals surface area contributed by atoms with Gasteiger partial charge in [-0.3, -0.25) is 4.79 Å². The zero-order valence-electron chi connectivity index (χ0n) is 13.0. The Kier molecular flexibility index (Phi) is 7.31. The number of benzene rings is 2. The molecule has 130 valence electrons. The fraction of sp³-hybridized carbons (Fsp3) is 0.111. The van der Waals surface area contributed by atoms with Crippen LogP contribution in [0.25, 0.3) is 6.08 Å². The predicted molar refractivity (Wildman–Crippen MR) is 99.8 cm³/mol. The fourth-order valence-electron chi connectivity index (χ4n) is 1.82. The van der Waals surface area contributed by atoms with Gasteiger partial charge in [0.25, 0.3) is 5.91 Å². The molecule has 2 rings (SSSR count). The molecule has 0 saturated heterocycles. The van der Waals surface area contributed by atoms with Crippen LogP contribution in [-0.4, -0.2) is 18.5 Å². The first-order valence-electron chi connectivity index (χ1n) is 7.25. The molecule has 2 aromatic rings. The highest BCUT2D eigenvalue weighted by molar-refractivity contribution is 6.42. The summed E-state index contributed by atoms with van der Waals surface area (Å²) >= 11 is 17.5. The molecule has 0 saturated carbocycles. The van der Waals surface area contributed by atoms with Gasteiger partial charge in [0, 0.05) is 17.6 Å². The van der Waals surface area contributed by atoms with E-state index in [2.05, 4.69) is 5.32 Å². The average molecular weight is 399 g/mol. The Labute approximate surface area is 160 Å². The lowest BCUT2D eigenvalue weighted by molar-refractivity contribution is -0.143. The van der Waals surface area contributed by atoms with Crippen molar-refractivity contribution in [2.45, 2.75) is 6.54 Å². The number of ether oxygens (including phenoxy) is 1. The van der Waals surface area contributed by atoms with Crippen LogP contribution in [0.4, 0.5) is 0 Å². The molecule has 0 atom stereocenters. The monoisotopic (exact) mass is 397 g/mol. The average Bonchev–Trinajstić information content (AvgIpc) is 2.60. The first-order valence-corrected chi connectivity index (χ1v) is 8.38. The van der Waals surface area contributed by atoms with Crippen molar-refractivity contribution < 1.29 is 14.3 Å². The van der Waals surface area contributed by atoms with Crippen LogP contribution in [0.5, 0.6) is 0 Å². The minimum Gasteiger partial charge on any atom is -0.452 e. The summed E-state index contributed by atoms with van der Waals surface area (Å²) in [6, 6.07) is 12.0. The molecule has 0 spiro atoms. The van der Waals surface area contributed by atoms with Crippen LogP contribution in [0.15, 0.2) is 48.5 Å². The van der Waals surface area contributed by atoms with Crippen LogP contribution >= 0.6 is 34.8 Å². The van der Waals surface area contributed by atoms with Crippen LogP contribution in [0.3, 0.4) is 0 Å². The molecular formula is C18H14Cl3NO3. The van der Waals surface area contributed by atoms with Crippen LogP contribution in [-0.2, 0) is 20.9 Å². The molecule has 0 aliphatic carbocycles. The lowest BCUT2D eigenvalue weighted by atomic mass is 10.2. The van der Waals surface area contributed by atoms with Gasteiger partial charge < -0.3 is 10.1 Å². The molecule has 0 fully saturated rings. The van der Waals surface area contributed by atoms with E-state index in [1.54, 1.807) is 42.5 Å². The SMILES string of the molecule is O=C(COC(=O)C=Cc1ccc(Cl)c(Cl)c1)NCc1ccc(Cl)cc1. The summed E-state index contributed by atoms with van der Waals surface area (Å²) in [6.45, 7) is -0.0369. The molecule has 0 aliphatic rings. The van der Waals surface area contributed by atoms with Gasteiger partial charge in [-0.2, -0.15) is 0 Å². The van der Waals surface area contributed by atoms with E-state index in [1.807, 2.05) is 0 Å². The molecule has 0 unspecified atom stereocenters. The standard InChI is InChI=1S/C18H14Cl3NO3/c19-14-5-1-13(2-6-14)10-22-17(23)11-25-18(24)8-4-12-3-7-15(20)16(21)9-12/h1-9H,10-11H2,(H,22,23). The second kappa shape index (κ2) is 9.47. The minimum atomic E-state index is -0.632. The van der Waals surface area contributed by atoms with Crippen molar-refractivity contribution in [2.75, 3.05) is 6.61 Å². The summed E-state index contributed by atoms with van der Waals surface area (Å²) < 4.78 is 4.87. The highest BCUT2D eigenvalue weighted by Crippen LogP contribution is 2.23. The summed E-state index contributed by atoms with van der Waals surface area (Å²) in [6.07, 6.45) is 2.74. The van der Waals surface area contributed by atoms with Crippen LogP contribution in [0.1, 0.15) is 11.1 Å². The fourth-order valence-corrected chi connectivity index (χ4v) is 2.25. The van der Waals surface area contributed by atoms with Gasteiger partial charge in [-0.05, 0) is 41.5 Å². The van der Waals surface area contributed by atoms with E-state index in [0.717, 1.165) is 5.56 Å². The first kappa shape index (κ1) is 19.3. The Morgan fingerprint density at radius 2 is 1.72 bits per heavy atom. The molecule has 0 aliphatic heterocycles. The molecule has 1 N–H and O–H groups in total. The zero-order valence-corrected chi connectivity index (χ0v) is 15.2. The number of carbonyl (C=O) groups is 2. The van der Waals surface area contributed by atoms with Gasteiger partial charge in [0.2, 0.25) is 0 Å². The summed E-state index contributed by atoms with van der Waals surface area (Å²) in [5, 5.41) is 4.09. The van der Waals surface area contributed by atoms with Gasteiger partial charge in [-0.1, -0.05) is 53.0 Å². The third-order valence-corrected chi connectivity index (χ3v) is 4.09. The van der Waals surface area contributed by atoms with E-state index in [1.165, 1.54) is 12.2 Å². The van der Waals surface area contributed by atoms with E-state index >= 15 is 0 Å². The van der Waals surface area contributed by atoms with Gasteiger partial charge in [0.1, 0.15) is 0 Å². The van der Waals surface area contributed by atoms with Crippen molar-refractivity contribution in [3.05, 3.63) is 74.7 Å². The van der Waals surface area contributed by atoms with E-state index in [-0.39, 0.29) is 6.61 Å². The maximum atomic E-state index is 11.7. The van der Waals surface area contributed by atoms with E-state index in [9.17, 15) is 9.59 Å². The second-order valence-electron chi connectivity index (χ2n) is 5.02. The quantitative estimate of drug-likeness (QED) is 0.575. The number of esters is 1. The number of nitrogens with one attached hydrogen (secondary N) is 1. The summed E-state index contributed by atoms with van der Waals surface area (Å²) in [7, 11) is 0. The maximum absolute atomic E-state index is 11.7. The largest absolute Gasteiger partial charge is 0.452 e. The van der Waals surface area contributed by atoms with Gasteiger partial charge >= 0.3 is 5.97 Å². The Morgan fingerprint density at radius 3 is 2.40 bits per heavy atom. The van der Waals surface area contributed by atoms with Crippen molar-refractivity contribution >= 4 is 52.8 Å². The van der Waals surface area contributed by atoms with Gasteiger partial charge in [-0.15, -0.1) is 0 Å². The molecule has 1 amide bonds. The number of hydrogen-bond donors (Lipinski definition) is 1. The highest BCUT2D eigenvalue weighted by Gasteiger charge is 2.05. The second-order valence-corrected chi connectivity index (χ2v) is 6.27. The summed E-state index contributed by atoms with van der Waals surface area (Å²) in [5.41, 5.74) is 1.59. The zero-order chi connectivity index (χ0) is 18.2. The topological polar surface area (TPSA) is 55.4 Å². The molecule has 0 bridgehead atoms. The van der Waals surface area contributed by atoms with Crippen molar-refractivity contribution in [3.8, 4) is 0 Å². The Bertz CT molecular complexity index is 789. The van der Waals surface area contributed by atoms with Crippen molar-refractivity contribution in [1.29, 1.82) is 0 Å². The Morgan fingerprint density at radius 1 is 1.00 bits per heavy atom. The number of rotatable bonds is 6. The van der Waals surface area contributed by atoms with Crippen LogP contribution < -0.4 is 5.32 Å².